The lowest BCUT2D eigenvalue weighted by Gasteiger charge is -2.42. The van der Waals surface area contributed by atoms with Gasteiger partial charge in [0.15, 0.2) is 0 Å². The van der Waals surface area contributed by atoms with Crippen molar-refractivity contribution in [2.45, 2.75) is 52.1 Å². The van der Waals surface area contributed by atoms with E-state index in [9.17, 15) is 0 Å². The molecule has 1 saturated heterocycles. The second kappa shape index (κ2) is 6.93. The number of rotatable bonds is 3. The van der Waals surface area contributed by atoms with Gasteiger partial charge in [0.2, 0.25) is 0 Å². The summed E-state index contributed by atoms with van der Waals surface area (Å²) in [4.78, 5) is 5.38. The molecule has 1 saturated carbocycles. The van der Waals surface area contributed by atoms with Crippen LogP contribution in [0.15, 0.2) is 24.3 Å². The smallest absolute Gasteiger partial charge is 0.0234 e. The van der Waals surface area contributed by atoms with Crippen molar-refractivity contribution in [3.63, 3.8) is 0 Å². The van der Waals surface area contributed by atoms with Crippen LogP contribution in [0, 0.1) is 12.8 Å². The van der Waals surface area contributed by atoms with Gasteiger partial charge < -0.3 is 0 Å². The van der Waals surface area contributed by atoms with E-state index in [-0.39, 0.29) is 0 Å². The van der Waals surface area contributed by atoms with Crippen molar-refractivity contribution in [2.75, 3.05) is 26.2 Å². The lowest BCUT2D eigenvalue weighted by Crippen LogP contribution is -2.50. The van der Waals surface area contributed by atoms with Gasteiger partial charge in [0, 0.05) is 38.8 Å². The number of piperazine rings is 1. The zero-order chi connectivity index (χ0) is 14.7. The molecule has 2 heteroatoms. The Kier molecular flexibility index (Phi) is 4.97. The summed E-state index contributed by atoms with van der Waals surface area (Å²) in [5, 5.41) is 0. The Morgan fingerprint density at radius 2 is 1.71 bits per heavy atom. The van der Waals surface area contributed by atoms with Gasteiger partial charge in [-0.15, -0.1) is 0 Å². The average Bonchev–Trinajstić information content (AvgIpc) is 2.50. The van der Waals surface area contributed by atoms with Crippen molar-refractivity contribution in [2.24, 2.45) is 5.92 Å². The van der Waals surface area contributed by atoms with Gasteiger partial charge in [0.05, 0.1) is 0 Å². The van der Waals surface area contributed by atoms with Gasteiger partial charge in [-0.2, -0.15) is 0 Å². The summed E-state index contributed by atoms with van der Waals surface area (Å²) in [7, 11) is 0. The number of aryl methyl sites for hydroxylation is 1. The first-order chi connectivity index (χ1) is 10.2. The lowest BCUT2D eigenvalue weighted by molar-refractivity contribution is 0.0659. The fraction of sp³-hybridized carbons (Fsp3) is 0.684. The molecule has 0 bridgehead atoms. The Hall–Kier alpha value is -0.860. The van der Waals surface area contributed by atoms with E-state index in [1.807, 2.05) is 0 Å². The summed E-state index contributed by atoms with van der Waals surface area (Å²) < 4.78 is 0. The molecule has 116 valence electrons. The van der Waals surface area contributed by atoms with E-state index in [0.29, 0.717) is 0 Å². The number of hydrogen-bond acceptors (Lipinski definition) is 2. The number of benzene rings is 1. The standard InChI is InChI=1S/C19H30N2/c1-16-6-8-18(9-7-16)15-20-10-12-21(13-11-20)19-5-3-4-17(2)14-19/h6-9,17,19H,3-5,10-15H2,1-2H3/t17-,19-/m1/s1. The Morgan fingerprint density at radius 1 is 1.00 bits per heavy atom. The molecule has 0 aromatic heterocycles. The molecule has 0 N–H and O–H groups in total. The molecule has 3 rings (SSSR count). The Labute approximate surface area is 130 Å². The van der Waals surface area contributed by atoms with Crippen LogP contribution in [-0.4, -0.2) is 42.0 Å². The first-order valence-electron chi connectivity index (χ1n) is 8.72. The molecule has 2 atom stereocenters. The van der Waals surface area contributed by atoms with E-state index in [4.69, 9.17) is 0 Å². The first-order valence-corrected chi connectivity index (χ1v) is 8.72. The molecule has 0 radical (unpaired) electrons. The highest BCUT2D eigenvalue weighted by Crippen LogP contribution is 2.28. The van der Waals surface area contributed by atoms with Crippen molar-refractivity contribution in [1.82, 2.24) is 9.80 Å². The molecule has 0 spiro atoms. The van der Waals surface area contributed by atoms with E-state index in [2.05, 4.69) is 47.9 Å². The summed E-state index contributed by atoms with van der Waals surface area (Å²) in [6, 6.07) is 9.90. The third kappa shape index (κ3) is 4.08. The van der Waals surface area contributed by atoms with E-state index in [0.717, 1.165) is 18.5 Å². The molecule has 1 aromatic rings. The van der Waals surface area contributed by atoms with E-state index in [1.54, 1.807) is 0 Å². The molecule has 1 heterocycles. The Bertz CT molecular complexity index is 431. The van der Waals surface area contributed by atoms with Gasteiger partial charge in [-0.3, -0.25) is 9.80 Å². The monoisotopic (exact) mass is 286 g/mol. The summed E-state index contributed by atoms with van der Waals surface area (Å²) in [5.74, 6) is 0.939. The van der Waals surface area contributed by atoms with E-state index in [1.165, 1.54) is 63.0 Å². The highest BCUT2D eigenvalue weighted by Gasteiger charge is 2.27. The third-order valence-corrected chi connectivity index (χ3v) is 5.36. The van der Waals surface area contributed by atoms with Gasteiger partial charge >= 0.3 is 0 Å². The lowest BCUT2D eigenvalue weighted by atomic mass is 9.86. The van der Waals surface area contributed by atoms with Gasteiger partial charge in [-0.05, 0) is 31.2 Å². The molecular formula is C19H30N2. The summed E-state index contributed by atoms with van der Waals surface area (Å²) in [5.41, 5.74) is 2.82. The Balaban J connectivity index is 1.47. The minimum Gasteiger partial charge on any atom is -0.298 e. The van der Waals surface area contributed by atoms with E-state index < -0.39 is 0 Å². The molecule has 0 amide bonds. The highest BCUT2D eigenvalue weighted by atomic mass is 15.3. The molecule has 21 heavy (non-hydrogen) atoms. The van der Waals surface area contributed by atoms with Crippen LogP contribution in [-0.2, 0) is 6.54 Å². The van der Waals surface area contributed by atoms with Gasteiger partial charge in [-0.1, -0.05) is 49.6 Å². The summed E-state index contributed by atoms with van der Waals surface area (Å²) >= 11 is 0. The Morgan fingerprint density at radius 3 is 2.38 bits per heavy atom. The molecule has 1 aliphatic carbocycles. The third-order valence-electron chi connectivity index (χ3n) is 5.36. The second-order valence-corrected chi connectivity index (χ2v) is 7.22. The average molecular weight is 286 g/mol. The number of nitrogens with zero attached hydrogens (tertiary/aromatic N) is 2. The molecule has 2 aliphatic rings. The van der Waals surface area contributed by atoms with Crippen molar-refractivity contribution >= 4 is 0 Å². The van der Waals surface area contributed by atoms with Gasteiger partial charge in [0.1, 0.15) is 0 Å². The summed E-state index contributed by atoms with van der Waals surface area (Å²) in [6.07, 6.45) is 5.75. The predicted molar refractivity (Wildman–Crippen MR) is 89.4 cm³/mol. The van der Waals surface area contributed by atoms with Crippen LogP contribution in [0.1, 0.15) is 43.7 Å². The fourth-order valence-electron chi connectivity index (χ4n) is 3.97. The quantitative estimate of drug-likeness (QED) is 0.836. The first kappa shape index (κ1) is 15.1. The maximum atomic E-state index is 2.77. The maximum Gasteiger partial charge on any atom is 0.0234 e. The number of hydrogen-bond donors (Lipinski definition) is 0. The van der Waals surface area contributed by atoms with Crippen LogP contribution in [0.5, 0.6) is 0 Å². The highest BCUT2D eigenvalue weighted by molar-refractivity contribution is 5.21. The molecule has 2 nitrogen and oxygen atoms in total. The molecular weight excluding hydrogens is 256 g/mol. The van der Waals surface area contributed by atoms with Crippen LogP contribution >= 0.6 is 0 Å². The van der Waals surface area contributed by atoms with E-state index >= 15 is 0 Å². The van der Waals surface area contributed by atoms with Gasteiger partial charge in [0.25, 0.3) is 0 Å². The molecule has 2 fully saturated rings. The molecule has 1 aliphatic heterocycles. The topological polar surface area (TPSA) is 6.48 Å². The molecule has 1 aromatic carbocycles. The second-order valence-electron chi connectivity index (χ2n) is 7.22. The van der Waals surface area contributed by atoms with Crippen LogP contribution in [0.3, 0.4) is 0 Å². The minimum atomic E-state index is 0.871. The summed E-state index contributed by atoms with van der Waals surface area (Å²) in [6.45, 7) is 10.7. The normalized spacial score (nSPS) is 28.7. The molecule has 0 unspecified atom stereocenters. The SMILES string of the molecule is Cc1ccc(CN2CCN([C@@H]3CCC[C@@H](C)C3)CC2)cc1. The van der Waals surface area contributed by atoms with Crippen LogP contribution in [0.2, 0.25) is 0 Å². The van der Waals surface area contributed by atoms with Crippen molar-refractivity contribution in [1.29, 1.82) is 0 Å². The van der Waals surface area contributed by atoms with Crippen LogP contribution in [0.25, 0.3) is 0 Å². The minimum absolute atomic E-state index is 0.871. The zero-order valence-corrected chi connectivity index (χ0v) is 13.7. The van der Waals surface area contributed by atoms with Crippen LogP contribution < -0.4 is 0 Å². The van der Waals surface area contributed by atoms with Crippen LogP contribution in [0.4, 0.5) is 0 Å². The fourth-order valence-corrected chi connectivity index (χ4v) is 3.97. The van der Waals surface area contributed by atoms with Crippen molar-refractivity contribution < 1.29 is 0 Å². The maximum absolute atomic E-state index is 2.77. The van der Waals surface area contributed by atoms with Crippen molar-refractivity contribution in [3.8, 4) is 0 Å². The van der Waals surface area contributed by atoms with Gasteiger partial charge in [-0.25, -0.2) is 0 Å². The largest absolute Gasteiger partial charge is 0.298 e. The van der Waals surface area contributed by atoms with Crippen molar-refractivity contribution in [3.05, 3.63) is 35.4 Å². The zero-order valence-electron chi connectivity index (χ0n) is 13.7. The predicted octanol–water partition coefficient (Wildman–Crippen LogP) is 3.69.